The molecule has 2 N–H and O–H groups in total. The molecule has 0 amide bonds. The maximum atomic E-state index is 13.4. The van der Waals surface area contributed by atoms with Crippen LogP contribution in [0, 0.1) is 5.82 Å². The molecule has 1 aromatic carbocycles. The van der Waals surface area contributed by atoms with Crippen LogP contribution in [0.2, 0.25) is 0 Å². The van der Waals surface area contributed by atoms with Gasteiger partial charge >= 0.3 is 0 Å². The van der Waals surface area contributed by atoms with E-state index in [1.165, 1.54) is 38.2 Å². The van der Waals surface area contributed by atoms with E-state index in [0.717, 1.165) is 0 Å². The molecule has 0 radical (unpaired) electrons. The van der Waals surface area contributed by atoms with Crippen LogP contribution in [-0.4, -0.2) is 17.7 Å². The van der Waals surface area contributed by atoms with Crippen molar-refractivity contribution in [3.05, 3.63) is 35.6 Å². The minimum atomic E-state index is -0.752. The number of nitrogens with one attached hydrogen (secondary N) is 1. The molecule has 1 aliphatic rings. The Morgan fingerprint density at radius 2 is 1.94 bits per heavy atom. The van der Waals surface area contributed by atoms with E-state index in [4.69, 9.17) is 0 Å². The Morgan fingerprint density at radius 3 is 2.65 bits per heavy atom. The molecule has 17 heavy (non-hydrogen) atoms. The highest BCUT2D eigenvalue weighted by molar-refractivity contribution is 5.19. The van der Waals surface area contributed by atoms with Crippen molar-refractivity contribution in [2.24, 2.45) is 0 Å². The first-order valence-corrected chi connectivity index (χ1v) is 6.43. The lowest BCUT2D eigenvalue weighted by atomic mass is 9.95. The average molecular weight is 237 g/mol. The molecule has 1 aromatic rings. The molecule has 0 aliphatic heterocycles. The van der Waals surface area contributed by atoms with Crippen LogP contribution in [-0.2, 0) is 0 Å². The smallest absolute Gasteiger partial charge is 0.129 e. The lowest BCUT2D eigenvalue weighted by Gasteiger charge is -2.24. The Labute approximate surface area is 102 Å². The van der Waals surface area contributed by atoms with Gasteiger partial charge in [0.05, 0.1) is 6.10 Å². The van der Waals surface area contributed by atoms with Gasteiger partial charge in [-0.25, -0.2) is 4.39 Å². The van der Waals surface area contributed by atoms with Crippen LogP contribution in [0.3, 0.4) is 0 Å². The van der Waals surface area contributed by atoms with Crippen LogP contribution in [0.1, 0.15) is 43.8 Å². The molecule has 2 nitrogen and oxygen atoms in total. The number of aliphatic hydroxyl groups excluding tert-OH is 1. The van der Waals surface area contributed by atoms with Gasteiger partial charge in [-0.2, -0.15) is 0 Å². The third-order valence-corrected chi connectivity index (χ3v) is 3.47. The SMILES string of the molecule is O[C@H](CNC1CCCCC1)c1ccccc1F. The molecule has 0 unspecified atom stereocenters. The molecule has 0 aromatic heterocycles. The van der Waals surface area contributed by atoms with E-state index in [1.807, 2.05) is 0 Å². The van der Waals surface area contributed by atoms with Gasteiger partial charge in [0.2, 0.25) is 0 Å². The summed E-state index contributed by atoms with van der Waals surface area (Å²) in [5.74, 6) is -0.328. The van der Waals surface area contributed by atoms with E-state index in [9.17, 15) is 9.50 Å². The molecule has 1 atom stereocenters. The van der Waals surface area contributed by atoms with E-state index in [-0.39, 0.29) is 5.82 Å². The summed E-state index contributed by atoms with van der Waals surface area (Å²) in [6.45, 7) is 0.436. The first-order chi connectivity index (χ1) is 8.27. The Bertz CT molecular complexity index is 350. The Kier molecular flexibility index (Phi) is 4.51. The van der Waals surface area contributed by atoms with Crippen molar-refractivity contribution < 1.29 is 9.50 Å². The first-order valence-electron chi connectivity index (χ1n) is 6.43. The minimum Gasteiger partial charge on any atom is -0.387 e. The monoisotopic (exact) mass is 237 g/mol. The Balaban J connectivity index is 1.84. The number of hydrogen-bond acceptors (Lipinski definition) is 2. The summed E-state index contributed by atoms with van der Waals surface area (Å²) in [5.41, 5.74) is 0.385. The highest BCUT2D eigenvalue weighted by Gasteiger charge is 2.16. The highest BCUT2D eigenvalue weighted by atomic mass is 19.1. The van der Waals surface area contributed by atoms with Crippen LogP contribution in [0.4, 0.5) is 4.39 Å². The summed E-state index contributed by atoms with van der Waals surface area (Å²) in [4.78, 5) is 0. The Morgan fingerprint density at radius 1 is 1.24 bits per heavy atom. The predicted octanol–water partition coefficient (Wildman–Crippen LogP) is 2.78. The summed E-state index contributed by atoms with van der Waals surface area (Å²) in [6, 6.07) is 6.91. The summed E-state index contributed by atoms with van der Waals surface area (Å²) in [5, 5.41) is 13.3. The van der Waals surface area contributed by atoms with Gasteiger partial charge in [-0.3, -0.25) is 0 Å². The van der Waals surface area contributed by atoms with E-state index < -0.39 is 6.10 Å². The van der Waals surface area contributed by atoms with Crippen molar-refractivity contribution >= 4 is 0 Å². The number of aliphatic hydroxyl groups is 1. The fraction of sp³-hybridized carbons (Fsp3) is 0.571. The van der Waals surface area contributed by atoms with Crippen molar-refractivity contribution in [1.82, 2.24) is 5.32 Å². The predicted molar refractivity (Wildman–Crippen MR) is 66.2 cm³/mol. The van der Waals surface area contributed by atoms with Gasteiger partial charge in [-0.1, -0.05) is 37.5 Å². The Hall–Kier alpha value is -0.930. The van der Waals surface area contributed by atoms with E-state index >= 15 is 0 Å². The van der Waals surface area contributed by atoms with Crippen LogP contribution < -0.4 is 5.32 Å². The van der Waals surface area contributed by atoms with Crippen molar-refractivity contribution in [3.8, 4) is 0 Å². The fourth-order valence-corrected chi connectivity index (χ4v) is 2.44. The maximum absolute atomic E-state index is 13.4. The van der Waals surface area contributed by atoms with Crippen molar-refractivity contribution in [2.75, 3.05) is 6.54 Å². The molecule has 0 saturated heterocycles. The van der Waals surface area contributed by atoms with Crippen LogP contribution in [0.5, 0.6) is 0 Å². The van der Waals surface area contributed by atoms with Crippen LogP contribution >= 0.6 is 0 Å². The summed E-state index contributed by atoms with van der Waals surface area (Å²) in [6.07, 6.45) is 5.42. The van der Waals surface area contributed by atoms with Gasteiger partial charge in [0.15, 0.2) is 0 Å². The molecule has 3 heteroatoms. The zero-order valence-corrected chi connectivity index (χ0v) is 10.0. The van der Waals surface area contributed by atoms with E-state index in [0.29, 0.717) is 18.2 Å². The molecule has 0 spiro atoms. The second-order valence-corrected chi connectivity index (χ2v) is 4.78. The molecule has 0 heterocycles. The van der Waals surface area contributed by atoms with Crippen molar-refractivity contribution in [3.63, 3.8) is 0 Å². The van der Waals surface area contributed by atoms with Gasteiger partial charge in [0.25, 0.3) is 0 Å². The molecule has 2 rings (SSSR count). The standard InChI is InChI=1S/C14H20FNO/c15-13-9-5-4-8-12(13)14(17)10-16-11-6-2-1-3-7-11/h4-5,8-9,11,14,16-17H,1-3,6-7,10H2/t14-/m1/s1. The van der Waals surface area contributed by atoms with Gasteiger partial charge < -0.3 is 10.4 Å². The number of benzene rings is 1. The first kappa shape index (κ1) is 12.5. The number of hydrogen-bond donors (Lipinski definition) is 2. The lowest BCUT2D eigenvalue weighted by molar-refractivity contribution is 0.161. The zero-order valence-electron chi connectivity index (χ0n) is 10.0. The zero-order chi connectivity index (χ0) is 12.1. The number of halogens is 1. The quantitative estimate of drug-likeness (QED) is 0.844. The molecule has 1 aliphatic carbocycles. The summed E-state index contributed by atoms with van der Waals surface area (Å²) in [7, 11) is 0. The summed E-state index contributed by atoms with van der Waals surface area (Å²) >= 11 is 0. The highest BCUT2D eigenvalue weighted by Crippen LogP contribution is 2.19. The topological polar surface area (TPSA) is 32.3 Å². The van der Waals surface area contributed by atoms with E-state index in [1.54, 1.807) is 18.2 Å². The normalized spacial score (nSPS) is 19.2. The van der Waals surface area contributed by atoms with Crippen molar-refractivity contribution in [2.45, 2.75) is 44.2 Å². The third kappa shape index (κ3) is 3.51. The maximum Gasteiger partial charge on any atom is 0.129 e. The second kappa shape index (κ2) is 6.12. The molecule has 1 saturated carbocycles. The van der Waals surface area contributed by atoms with Crippen LogP contribution in [0.25, 0.3) is 0 Å². The molecule has 1 fully saturated rings. The summed E-state index contributed by atoms with van der Waals surface area (Å²) < 4.78 is 13.4. The molecule has 0 bridgehead atoms. The number of rotatable bonds is 4. The minimum absolute atomic E-state index is 0.328. The van der Waals surface area contributed by atoms with Crippen molar-refractivity contribution in [1.29, 1.82) is 0 Å². The van der Waals surface area contributed by atoms with Gasteiger partial charge in [-0.05, 0) is 18.9 Å². The van der Waals surface area contributed by atoms with Gasteiger partial charge in [0, 0.05) is 18.2 Å². The third-order valence-electron chi connectivity index (χ3n) is 3.47. The molecule has 94 valence electrons. The van der Waals surface area contributed by atoms with Gasteiger partial charge in [0.1, 0.15) is 5.82 Å². The average Bonchev–Trinajstić information content (AvgIpc) is 2.38. The van der Waals surface area contributed by atoms with Gasteiger partial charge in [-0.15, -0.1) is 0 Å². The largest absolute Gasteiger partial charge is 0.387 e. The van der Waals surface area contributed by atoms with Crippen LogP contribution in [0.15, 0.2) is 24.3 Å². The second-order valence-electron chi connectivity index (χ2n) is 4.78. The lowest BCUT2D eigenvalue weighted by Crippen LogP contribution is -2.34. The molecular weight excluding hydrogens is 217 g/mol. The fourth-order valence-electron chi connectivity index (χ4n) is 2.44. The molecular formula is C14H20FNO. The van der Waals surface area contributed by atoms with E-state index in [2.05, 4.69) is 5.32 Å².